The standard InChI is InChI=1S/C11H13ClO3S/c1-16(13,14)15-8-11(6-7-11)9-2-4-10(12)5-3-9/h2-5H,6-8H2,1H3. The van der Waals surface area contributed by atoms with Crippen LogP contribution < -0.4 is 0 Å². The summed E-state index contributed by atoms with van der Waals surface area (Å²) in [7, 11) is -3.36. The molecule has 1 saturated carbocycles. The fourth-order valence-corrected chi connectivity index (χ4v) is 2.26. The maximum atomic E-state index is 10.9. The van der Waals surface area contributed by atoms with Gasteiger partial charge in [-0.3, -0.25) is 4.18 Å². The Morgan fingerprint density at radius 3 is 2.31 bits per heavy atom. The first-order valence-electron chi connectivity index (χ1n) is 5.02. The predicted molar refractivity (Wildman–Crippen MR) is 63.2 cm³/mol. The third-order valence-corrected chi connectivity index (χ3v) is 3.66. The van der Waals surface area contributed by atoms with Gasteiger partial charge in [0.1, 0.15) is 0 Å². The summed E-state index contributed by atoms with van der Waals surface area (Å²) >= 11 is 5.80. The van der Waals surface area contributed by atoms with Crippen molar-refractivity contribution < 1.29 is 12.6 Å². The lowest BCUT2D eigenvalue weighted by atomic mass is 9.97. The number of rotatable bonds is 4. The van der Waals surface area contributed by atoms with E-state index in [9.17, 15) is 8.42 Å². The zero-order valence-corrected chi connectivity index (χ0v) is 10.5. The summed E-state index contributed by atoms with van der Waals surface area (Å²) < 4.78 is 26.8. The van der Waals surface area contributed by atoms with Gasteiger partial charge in [-0.1, -0.05) is 23.7 Å². The van der Waals surface area contributed by atoms with Crippen molar-refractivity contribution in [2.45, 2.75) is 18.3 Å². The summed E-state index contributed by atoms with van der Waals surface area (Å²) in [5.41, 5.74) is 0.980. The molecule has 0 spiro atoms. The lowest BCUT2D eigenvalue weighted by Crippen LogP contribution is -2.18. The maximum Gasteiger partial charge on any atom is 0.264 e. The molecule has 0 amide bonds. The second-order valence-electron chi connectivity index (χ2n) is 4.25. The Kier molecular flexibility index (Phi) is 2.99. The minimum absolute atomic E-state index is 0.117. The molecular formula is C11H13ClO3S. The lowest BCUT2D eigenvalue weighted by Gasteiger charge is -2.14. The topological polar surface area (TPSA) is 43.4 Å². The molecule has 16 heavy (non-hydrogen) atoms. The van der Waals surface area contributed by atoms with E-state index in [4.69, 9.17) is 15.8 Å². The van der Waals surface area contributed by atoms with E-state index >= 15 is 0 Å². The molecule has 2 rings (SSSR count). The molecule has 0 radical (unpaired) electrons. The largest absolute Gasteiger partial charge is 0.269 e. The van der Waals surface area contributed by atoms with Gasteiger partial charge in [0.15, 0.2) is 0 Å². The highest BCUT2D eigenvalue weighted by Gasteiger charge is 2.45. The van der Waals surface area contributed by atoms with Gasteiger partial charge in [0.05, 0.1) is 12.9 Å². The Balaban J connectivity index is 2.11. The molecule has 0 saturated heterocycles. The molecule has 3 nitrogen and oxygen atoms in total. The van der Waals surface area contributed by atoms with Gasteiger partial charge in [-0.15, -0.1) is 0 Å². The van der Waals surface area contributed by atoms with Crippen LogP contribution in [-0.2, 0) is 19.7 Å². The van der Waals surface area contributed by atoms with Crippen LogP contribution in [0.3, 0.4) is 0 Å². The van der Waals surface area contributed by atoms with Crippen LogP contribution >= 0.6 is 11.6 Å². The molecule has 1 aromatic rings. The zero-order valence-electron chi connectivity index (χ0n) is 8.94. The molecule has 1 fully saturated rings. The highest BCUT2D eigenvalue weighted by Crippen LogP contribution is 2.48. The van der Waals surface area contributed by atoms with Crippen LogP contribution in [0.2, 0.25) is 5.02 Å². The molecule has 0 atom stereocenters. The van der Waals surface area contributed by atoms with Crippen LogP contribution in [0.4, 0.5) is 0 Å². The molecule has 0 heterocycles. The first kappa shape index (κ1) is 11.9. The summed E-state index contributed by atoms with van der Waals surface area (Å²) in [6.45, 7) is 0.230. The second-order valence-corrected chi connectivity index (χ2v) is 6.33. The van der Waals surface area contributed by atoms with Crippen LogP contribution in [0.25, 0.3) is 0 Å². The minimum atomic E-state index is -3.36. The van der Waals surface area contributed by atoms with E-state index in [1.165, 1.54) is 0 Å². The second kappa shape index (κ2) is 4.02. The van der Waals surface area contributed by atoms with Gasteiger partial charge in [0.2, 0.25) is 0 Å². The summed E-state index contributed by atoms with van der Waals surface area (Å²) in [6.07, 6.45) is 3.00. The van der Waals surface area contributed by atoms with Crippen molar-refractivity contribution >= 4 is 21.7 Å². The number of benzene rings is 1. The smallest absolute Gasteiger partial charge is 0.264 e. The summed E-state index contributed by atoms with van der Waals surface area (Å²) in [5.74, 6) is 0. The van der Waals surface area contributed by atoms with E-state index < -0.39 is 10.1 Å². The lowest BCUT2D eigenvalue weighted by molar-refractivity contribution is 0.285. The first-order valence-corrected chi connectivity index (χ1v) is 7.21. The van der Waals surface area contributed by atoms with Crippen LogP contribution in [-0.4, -0.2) is 21.3 Å². The van der Waals surface area contributed by atoms with Crippen LogP contribution in [0.5, 0.6) is 0 Å². The molecule has 88 valence electrons. The highest BCUT2D eigenvalue weighted by atomic mass is 35.5. The Labute approximate surface area is 101 Å². The third kappa shape index (κ3) is 2.75. The number of halogens is 1. The average molecular weight is 261 g/mol. The molecule has 0 aliphatic heterocycles. The van der Waals surface area contributed by atoms with E-state index in [1.807, 2.05) is 24.3 Å². The Hall–Kier alpha value is -0.580. The summed E-state index contributed by atoms with van der Waals surface area (Å²) in [6, 6.07) is 7.50. The van der Waals surface area contributed by atoms with Crippen LogP contribution in [0.15, 0.2) is 24.3 Å². The normalized spacial score (nSPS) is 18.4. The molecule has 1 aliphatic rings. The van der Waals surface area contributed by atoms with Gasteiger partial charge >= 0.3 is 0 Å². The van der Waals surface area contributed by atoms with Crippen LogP contribution in [0.1, 0.15) is 18.4 Å². The molecule has 1 aromatic carbocycles. The molecule has 0 unspecified atom stereocenters. The molecule has 0 bridgehead atoms. The third-order valence-electron chi connectivity index (χ3n) is 2.86. The Morgan fingerprint density at radius 1 is 1.31 bits per heavy atom. The fraction of sp³-hybridized carbons (Fsp3) is 0.455. The van der Waals surface area contributed by atoms with Crippen molar-refractivity contribution in [3.63, 3.8) is 0 Å². The van der Waals surface area contributed by atoms with Gasteiger partial charge < -0.3 is 0 Å². The fourth-order valence-electron chi connectivity index (χ4n) is 1.69. The van der Waals surface area contributed by atoms with Crippen molar-refractivity contribution in [3.05, 3.63) is 34.9 Å². The van der Waals surface area contributed by atoms with Gasteiger partial charge in [-0.05, 0) is 30.5 Å². The van der Waals surface area contributed by atoms with Crippen molar-refractivity contribution in [1.82, 2.24) is 0 Å². The quantitative estimate of drug-likeness (QED) is 0.781. The Morgan fingerprint density at radius 2 is 1.88 bits per heavy atom. The predicted octanol–water partition coefficient (Wildman–Crippen LogP) is 2.35. The molecule has 0 N–H and O–H groups in total. The van der Waals surface area contributed by atoms with Gasteiger partial charge in [-0.2, -0.15) is 8.42 Å². The SMILES string of the molecule is CS(=O)(=O)OCC1(c2ccc(Cl)cc2)CC1. The average Bonchev–Trinajstić information content (AvgIpc) is 2.96. The zero-order chi connectivity index (χ0) is 11.8. The van der Waals surface area contributed by atoms with E-state index in [2.05, 4.69) is 0 Å². The van der Waals surface area contributed by atoms with E-state index in [0.717, 1.165) is 24.7 Å². The van der Waals surface area contributed by atoms with Crippen molar-refractivity contribution in [1.29, 1.82) is 0 Å². The van der Waals surface area contributed by atoms with Crippen LogP contribution in [0, 0.1) is 0 Å². The summed E-state index contributed by atoms with van der Waals surface area (Å²) in [5, 5.41) is 0.684. The first-order chi connectivity index (χ1) is 7.41. The maximum absolute atomic E-state index is 10.9. The highest BCUT2D eigenvalue weighted by molar-refractivity contribution is 7.85. The van der Waals surface area contributed by atoms with E-state index in [0.29, 0.717) is 5.02 Å². The minimum Gasteiger partial charge on any atom is -0.269 e. The van der Waals surface area contributed by atoms with E-state index in [-0.39, 0.29) is 12.0 Å². The van der Waals surface area contributed by atoms with Gasteiger partial charge in [0, 0.05) is 10.4 Å². The molecule has 5 heteroatoms. The van der Waals surface area contributed by atoms with Gasteiger partial charge in [-0.25, -0.2) is 0 Å². The summed E-state index contributed by atoms with van der Waals surface area (Å²) in [4.78, 5) is 0. The van der Waals surface area contributed by atoms with Crippen molar-refractivity contribution in [2.75, 3.05) is 12.9 Å². The van der Waals surface area contributed by atoms with Gasteiger partial charge in [0.25, 0.3) is 10.1 Å². The number of hydrogen-bond acceptors (Lipinski definition) is 3. The van der Waals surface area contributed by atoms with Crippen molar-refractivity contribution in [3.8, 4) is 0 Å². The van der Waals surface area contributed by atoms with E-state index in [1.54, 1.807) is 0 Å². The molecular weight excluding hydrogens is 248 g/mol. The monoisotopic (exact) mass is 260 g/mol. The van der Waals surface area contributed by atoms with Crippen molar-refractivity contribution in [2.24, 2.45) is 0 Å². The molecule has 0 aromatic heterocycles. The molecule has 1 aliphatic carbocycles. The Bertz CT molecular complexity index is 474. The number of hydrogen-bond donors (Lipinski definition) is 0.